The standard InChI is InChI=1S/C17H35N2/c1-14(2,3)16(7,8)18-11-12-19(13-18)17(9,10)15(4,5)6/h13H,11-12H2,1-10H3/q+1. The summed E-state index contributed by atoms with van der Waals surface area (Å²) in [5, 5.41) is 0. The van der Waals surface area contributed by atoms with Crippen LogP contribution < -0.4 is 0 Å². The minimum Gasteiger partial charge on any atom is -0.259 e. The summed E-state index contributed by atoms with van der Waals surface area (Å²) in [5.74, 6) is 0. The maximum atomic E-state index is 2.53. The number of hydrogen-bond acceptors (Lipinski definition) is 1. The van der Waals surface area contributed by atoms with Crippen molar-refractivity contribution in [3.8, 4) is 0 Å². The van der Waals surface area contributed by atoms with E-state index < -0.39 is 0 Å². The van der Waals surface area contributed by atoms with Gasteiger partial charge in [-0.2, -0.15) is 0 Å². The predicted molar refractivity (Wildman–Crippen MR) is 85.0 cm³/mol. The fourth-order valence-electron chi connectivity index (χ4n) is 2.21. The Balaban J connectivity index is 3.05. The maximum Gasteiger partial charge on any atom is 0.235 e. The van der Waals surface area contributed by atoms with Crippen LogP contribution in [0.1, 0.15) is 69.2 Å². The van der Waals surface area contributed by atoms with Gasteiger partial charge < -0.3 is 0 Å². The lowest BCUT2D eigenvalue weighted by atomic mass is 9.75. The molecule has 0 radical (unpaired) electrons. The summed E-state index contributed by atoms with van der Waals surface area (Å²) in [5.41, 5.74) is 0.891. The highest BCUT2D eigenvalue weighted by molar-refractivity contribution is 5.52. The van der Waals surface area contributed by atoms with Crippen LogP contribution in [0, 0.1) is 10.8 Å². The van der Waals surface area contributed by atoms with Crippen LogP contribution in [-0.2, 0) is 0 Å². The minimum atomic E-state index is 0.176. The van der Waals surface area contributed by atoms with Gasteiger partial charge in [-0.1, -0.05) is 41.5 Å². The molecule has 0 N–H and O–H groups in total. The first-order valence-electron chi connectivity index (χ1n) is 7.60. The third-order valence-electron chi connectivity index (χ3n) is 5.97. The molecule has 1 aliphatic rings. The number of nitrogens with zero attached hydrogens (tertiary/aromatic N) is 2. The van der Waals surface area contributed by atoms with Crippen LogP contribution in [0.25, 0.3) is 0 Å². The van der Waals surface area contributed by atoms with Crippen LogP contribution in [0.3, 0.4) is 0 Å². The van der Waals surface area contributed by atoms with Crippen molar-refractivity contribution in [1.82, 2.24) is 4.90 Å². The van der Waals surface area contributed by atoms with Gasteiger partial charge in [0.1, 0.15) is 24.2 Å². The highest BCUT2D eigenvalue weighted by atomic mass is 15.3. The van der Waals surface area contributed by atoms with Gasteiger partial charge in [-0.3, -0.25) is 9.48 Å². The molecule has 112 valence electrons. The molecule has 0 bridgehead atoms. The third kappa shape index (κ3) is 2.83. The molecule has 1 aliphatic heterocycles. The zero-order valence-electron chi connectivity index (χ0n) is 14.9. The summed E-state index contributed by atoms with van der Waals surface area (Å²) in [6.45, 7) is 25.7. The summed E-state index contributed by atoms with van der Waals surface area (Å²) < 4.78 is 2.53. The van der Waals surface area contributed by atoms with E-state index in [2.05, 4.69) is 85.1 Å². The Morgan fingerprint density at radius 3 is 1.63 bits per heavy atom. The molecule has 0 unspecified atom stereocenters. The van der Waals surface area contributed by atoms with Gasteiger partial charge in [-0.15, -0.1) is 0 Å². The Bertz CT molecular complexity index is 362. The summed E-state index contributed by atoms with van der Waals surface area (Å²) >= 11 is 0. The Labute approximate surface area is 120 Å². The van der Waals surface area contributed by atoms with Crippen LogP contribution in [-0.4, -0.2) is 40.0 Å². The largest absolute Gasteiger partial charge is 0.259 e. The molecule has 0 aliphatic carbocycles. The summed E-state index contributed by atoms with van der Waals surface area (Å²) in [7, 11) is 0. The van der Waals surface area contributed by atoms with E-state index in [9.17, 15) is 0 Å². The SMILES string of the molecule is CC(C)(C)C(C)(C)N1C=[N+](C(C)(C)C(C)(C)C)CC1. The van der Waals surface area contributed by atoms with Gasteiger partial charge in [0.25, 0.3) is 0 Å². The van der Waals surface area contributed by atoms with Crippen molar-refractivity contribution in [2.45, 2.75) is 80.3 Å². The van der Waals surface area contributed by atoms with E-state index >= 15 is 0 Å². The molecular weight excluding hydrogens is 232 g/mol. The first-order valence-corrected chi connectivity index (χ1v) is 7.60. The normalized spacial score (nSPS) is 18.8. The van der Waals surface area contributed by atoms with Crippen molar-refractivity contribution < 1.29 is 4.58 Å². The molecule has 0 aromatic carbocycles. The smallest absolute Gasteiger partial charge is 0.235 e. The molecule has 1 rings (SSSR count). The van der Waals surface area contributed by atoms with E-state index in [1.165, 1.54) is 0 Å². The molecule has 19 heavy (non-hydrogen) atoms. The molecule has 1 heterocycles. The average Bonchev–Trinajstić information content (AvgIpc) is 2.62. The Morgan fingerprint density at radius 2 is 1.26 bits per heavy atom. The van der Waals surface area contributed by atoms with E-state index in [1.54, 1.807) is 0 Å². The molecule has 0 fully saturated rings. The Kier molecular flexibility index (Phi) is 3.91. The molecule has 0 spiro atoms. The summed E-state index contributed by atoms with van der Waals surface area (Å²) in [6.07, 6.45) is 2.37. The summed E-state index contributed by atoms with van der Waals surface area (Å²) in [6, 6.07) is 0. The zero-order chi connectivity index (χ0) is 15.3. The monoisotopic (exact) mass is 267 g/mol. The molecule has 0 saturated carbocycles. The second-order valence-electron chi connectivity index (χ2n) is 9.12. The quantitative estimate of drug-likeness (QED) is 0.686. The fraction of sp³-hybridized carbons (Fsp3) is 0.941. The van der Waals surface area contributed by atoms with Gasteiger partial charge in [0.15, 0.2) is 0 Å². The number of rotatable bonds is 2. The van der Waals surface area contributed by atoms with Crippen LogP contribution in [0.4, 0.5) is 0 Å². The first kappa shape index (κ1) is 16.5. The summed E-state index contributed by atoms with van der Waals surface area (Å²) in [4.78, 5) is 2.53. The molecular formula is C17H35N2+. The average molecular weight is 267 g/mol. The van der Waals surface area contributed by atoms with Gasteiger partial charge in [0, 0.05) is 10.8 Å². The van der Waals surface area contributed by atoms with Crippen molar-refractivity contribution in [2.24, 2.45) is 10.8 Å². The minimum absolute atomic E-state index is 0.176. The van der Waals surface area contributed by atoms with Gasteiger partial charge in [-0.05, 0) is 27.7 Å². The predicted octanol–water partition coefficient (Wildman–Crippen LogP) is 3.99. The van der Waals surface area contributed by atoms with Gasteiger partial charge in [-0.25, -0.2) is 0 Å². The van der Waals surface area contributed by atoms with E-state index in [1.807, 2.05) is 0 Å². The lowest BCUT2D eigenvalue weighted by molar-refractivity contribution is -0.607. The highest BCUT2D eigenvalue weighted by Crippen LogP contribution is 2.37. The molecule has 0 aromatic heterocycles. The topological polar surface area (TPSA) is 6.25 Å². The van der Waals surface area contributed by atoms with Crippen LogP contribution >= 0.6 is 0 Å². The lowest BCUT2D eigenvalue weighted by Crippen LogP contribution is -2.52. The maximum absolute atomic E-state index is 2.53. The van der Waals surface area contributed by atoms with E-state index in [-0.39, 0.29) is 21.9 Å². The second-order valence-corrected chi connectivity index (χ2v) is 9.12. The molecule has 2 nitrogen and oxygen atoms in total. The van der Waals surface area contributed by atoms with Crippen molar-refractivity contribution >= 4 is 6.34 Å². The van der Waals surface area contributed by atoms with Gasteiger partial charge in [0.05, 0.1) is 0 Å². The van der Waals surface area contributed by atoms with Crippen molar-refractivity contribution in [1.29, 1.82) is 0 Å². The molecule has 0 saturated heterocycles. The van der Waals surface area contributed by atoms with Crippen LogP contribution in [0.2, 0.25) is 0 Å². The first-order chi connectivity index (χ1) is 8.21. The van der Waals surface area contributed by atoms with Crippen molar-refractivity contribution in [2.75, 3.05) is 13.1 Å². The van der Waals surface area contributed by atoms with Gasteiger partial charge in [0.2, 0.25) is 6.34 Å². The van der Waals surface area contributed by atoms with Crippen molar-refractivity contribution in [3.05, 3.63) is 0 Å². The van der Waals surface area contributed by atoms with Crippen LogP contribution in [0.5, 0.6) is 0 Å². The molecule has 0 aromatic rings. The molecule has 0 atom stereocenters. The van der Waals surface area contributed by atoms with Crippen LogP contribution in [0.15, 0.2) is 0 Å². The van der Waals surface area contributed by atoms with Gasteiger partial charge >= 0.3 is 0 Å². The molecule has 0 amide bonds. The Hall–Kier alpha value is -0.530. The van der Waals surface area contributed by atoms with E-state index in [4.69, 9.17) is 0 Å². The fourth-order valence-corrected chi connectivity index (χ4v) is 2.21. The zero-order valence-corrected chi connectivity index (χ0v) is 14.9. The lowest BCUT2D eigenvalue weighted by Gasteiger charge is -2.40. The van der Waals surface area contributed by atoms with E-state index in [0.29, 0.717) is 0 Å². The second kappa shape index (κ2) is 4.49. The third-order valence-corrected chi connectivity index (χ3v) is 5.97. The molecule has 2 heteroatoms. The van der Waals surface area contributed by atoms with Crippen molar-refractivity contribution in [3.63, 3.8) is 0 Å². The number of hydrogen-bond donors (Lipinski definition) is 0. The van der Waals surface area contributed by atoms with E-state index in [0.717, 1.165) is 13.1 Å². The Morgan fingerprint density at radius 1 is 0.789 bits per heavy atom. The highest BCUT2D eigenvalue weighted by Gasteiger charge is 2.48.